The van der Waals surface area contributed by atoms with Gasteiger partial charge in [0.2, 0.25) is 0 Å². The number of carboxylic acid groups (broad SMARTS) is 1. The number of likely N-dealkylation sites (tertiary alicyclic amines) is 1. The van der Waals surface area contributed by atoms with Gasteiger partial charge in [-0.05, 0) is 38.2 Å². The molecule has 3 heterocycles. The van der Waals surface area contributed by atoms with Crippen LogP contribution in [-0.2, 0) is 14.6 Å². The van der Waals surface area contributed by atoms with Gasteiger partial charge < -0.3 is 9.84 Å². The molecule has 2 saturated heterocycles. The summed E-state index contributed by atoms with van der Waals surface area (Å²) in [6.45, 7) is 4.69. The van der Waals surface area contributed by atoms with E-state index >= 15 is 0 Å². The third kappa shape index (κ3) is 5.28. The summed E-state index contributed by atoms with van der Waals surface area (Å²) in [5, 5.41) is 7.12. The second-order valence-corrected chi connectivity index (χ2v) is 10.9. The first kappa shape index (κ1) is 23.7. The minimum absolute atomic E-state index is 0.0456. The number of sulfone groups is 1. The number of alkyl halides is 3. The monoisotopic (exact) mass is 465 g/mol. The van der Waals surface area contributed by atoms with Gasteiger partial charge in [0.25, 0.3) is 0 Å². The van der Waals surface area contributed by atoms with E-state index in [0.29, 0.717) is 32.1 Å². The van der Waals surface area contributed by atoms with Crippen molar-refractivity contribution in [1.82, 2.24) is 14.9 Å². The molecule has 2 aliphatic heterocycles. The number of carboxylic acids is 1. The number of hydrogen-bond donors (Lipinski definition) is 1. The highest BCUT2D eigenvalue weighted by Crippen LogP contribution is 2.45. The van der Waals surface area contributed by atoms with E-state index in [1.165, 1.54) is 19.3 Å². The van der Waals surface area contributed by atoms with Crippen LogP contribution >= 0.6 is 0 Å². The molecular weight excluding hydrogens is 439 g/mol. The molecule has 3 fully saturated rings. The van der Waals surface area contributed by atoms with Crippen LogP contribution in [0.5, 0.6) is 6.01 Å². The average molecular weight is 465 g/mol. The Morgan fingerprint density at radius 1 is 1.32 bits per heavy atom. The van der Waals surface area contributed by atoms with Crippen LogP contribution in [0.1, 0.15) is 31.4 Å². The lowest BCUT2D eigenvalue weighted by Crippen LogP contribution is -2.68. The first-order valence-electron chi connectivity index (χ1n) is 10.1. The standard InChI is InChI=1S/C17H25N3O3S.C2HF3O2/c1-13-5-7-18-16(19-13)23-10-15-6-8-24(21,22)17(15)11-20(12-17)9-14-3-2-4-14;3-2(4,5)1(6)7/h5,7,14-15H,2-4,6,8-12H2,1H3;(H,6,7). The fourth-order valence-corrected chi connectivity index (χ4v) is 6.71. The molecule has 31 heavy (non-hydrogen) atoms. The van der Waals surface area contributed by atoms with Gasteiger partial charge in [-0.1, -0.05) is 6.42 Å². The topological polar surface area (TPSA) is 110 Å². The molecular formula is C19H26F3N3O5S. The van der Waals surface area contributed by atoms with Crippen LogP contribution in [0.25, 0.3) is 0 Å². The van der Waals surface area contributed by atoms with E-state index < -0.39 is 26.7 Å². The van der Waals surface area contributed by atoms with Crippen molar-refractivity contribution in [3.8, 4) is 6.01 Å². The lowest BCUT2D eigenvalue weighted by Gasteiger charge is -2.51. The van der Waals surface area contributed by atoms with Crippen molar-refractivity contribution < 1.29 is 36.2 Å². The van der Waals surface area contributed by atoms with Gasteiger partial charge in [0.1, 0.15) is 4.75 Å². The molecule has 1 aliphatic carbocycles. The quantitative estimate of drug-likeness (QED) is 0.704. The normalized spacial score (nSPS) is 24.6. The minimum Gasteiger partial charge on any atom is -0.475 e. The van der Waals surface area contributed by atoms with Gasteiger partial charge in [-0.3, -0.25) is 4.90 Å². The Labute approximate surface area is 178 Å². The van der Waals surface area contributed by atoms with Crippen molar-refractivity contribution >= 4 is 15.8 Å². The van der Waals surface area contributed by atoms with Crippen molar-refractivity contribution in [2.24, 2.45) is 11.8 Å². The SMILES string of the molecule is Cc1ccnc(OCC2CCS(=O)(=O)C23CN(CC2CCC2)C3)n1.O=C(O)C(F)(F)F. The lowest BCUT2D eigenvalue weighted by molar-refractivity contribution is -0.192. The van der Waals surface area contributed by atoms with E-state index in [1.54, 1.807) is 6.20 Å². The molecule has 0 amide bonds. The van der Waals surface area contributed by atoms with E-state index in [-0.39, 0.29) is 11.7 Å². The summed E-state index contributed by atoms with van der Waals surface area (Å²) < 4.78 is 62.2. The average Bonchev–Trinajstić information content (AvgIpc) is 2.86. The summed E-state index contributed by atoms with van der Waals surface area (Å²) in [4.78, 5) is 19.6. The molecule has 1 saturated carbocycles. The zero-order valence-electron chi connectivity index (χ0n) is 17.1. The van der Waals surface area contributed by atoms with Crippen LogP contribution in [0.2, 0.25) is 0 Å². The summed E-state index contributed by atoms with van der Waals surface area (Å²) in [7, 11) is -3.03. The molecule has 1 aromatic rings. The largest absolute Gasteiger partial charge is 0.490 e. The molecule has 0 aromatic carbocycles. The smallest absolute Gasteiger partial charge is 0.475 e. The van der Waals surface area contributed by atoms with Crippen molar-refractivity contribution in [3.63, 3.8) is 0 Å². The van der Waals surface area contributed by atoms with E-state index in [9.17, 15) is 21.6 Å². The molecule has 1 unspecified atom stereocenters. The molecule has 12 heteroatoms. The fraction of sp³-hybridized carbons (Fsp3) is 0.737. The van der Waals surface area contributed by atoms with Crippen molar-refractivity contribution in [2.75, 3.05) is 32.0 Å². The Bertz CT molecular complexity index is 899. The molecule has 3 aliphatic rings. The molecule has 1 atom stereocenters. The zero-order valence-corrected chi connectivity index (χ0v) is 18.0. The van der Waals surface area contributed by atoms with Crippen LogP contribution < -0.4 is 4.74 Å². The highest BCUT2D eigenvalue weighted by molar-refractivity contribution is 7.93. The summed E-state index contributed by atoms with van der Waals surface area (Å²) in [5.74, 6) is -1.65. The molecule has 4 rings (SSSR count). The predicted octanol–water partition coefficient (Wildman–Crippen LogP) is 2.09. The maximum absolute atomic E-state index is 12.6. The van der Waals surface area contributed by atoms with Crippen LogP contribution in [0.15, 0.2) is 12.3 Å². The second-order valence-electron chi connectivity index (χ2n) is 8.43. The summed E-state index contributed by atoms with van der Waals surface area (Å²) in [6, 6.07) is 2.17. The number of hydrogen-bond acceptors (Lipinski definition) is 7. The number of rotatable bonds is 5. The predicted molar refractivity (Wildman–Crippen MR) is 104 cm³/mol. The maximum Gasteiger partial charge on any atom is 0.490 e. The van der Waals surface area contributed by atoms with Crippen LogP contribution in [-0.4, -0.2) is 77.3 Å². The highest BCUT2D eigenvalue weighted by Gasteiger charge is 2.61. The fourth-order valence-electron chi connectivity index (χ4n) is 4.26. The van der Waals surface area contributed by atoms with E-state index in [0.717, 1.165) is 18.2 Å². The number of aliphatic carboxylic acids is 1. The van der Waals surface area contributed by atoms with Gasteiger partial charge in [-0.2, -0.15) is 13.2 Å². The maximum atomic E-state index is 12.6. The van der Waals surface area contributed by atoms with E-state index in [4.69, 9.17) is 14.6 Å². The molecule has 1 spiro atoms. The van der Waals surface area contributed by atoms with Gasteiger partial charge in [0.15, 0.2) is 9.84 Å². The number of aromatic nitrogens is 2. The Morgan fingerprint density at radius 2 is 1.97 bits per heavy atom. The summed E-state index contributed by atoms with van der Waals surface area (Å²) in [6.07, 6.45) is 1.20. The van der Waals surface area contributed by atoms with Crippen LogP contribution in [0, 0.1) is 18.8 Å². The third-order valence-corrected chi connectivity index (χ3v) is 8.85. The molecule has 0 bridgehead atoms. The Hall–Kier alpha value is -1.95. The first-order valence-corrected chi connectivity index (χ1v) is 11.8. The summed E-state index contributed by atoms with van der Waals surface area (Å²) in [5.41, 5.74) is 0.851. The van der Waals surface area contributed by atoms with E-state index in [1.807, 2.05) is 13.0 Å². The number of halogens is 3. The van der Waals surface area contributed by atoms with Crippen molar-refractivity contribution in [3.05, 3.63) is 18.0 Å². The number of carbonyl (C=O) groups is 1. The second kappa shape index (κ2) is 8.89. The third-order valence-electron chi connectivity index (χ3n) is 6.25. The van der Waals surface area contributed by atoms with Gasteiger partial charge in [-0.25, -0.2) is 23.2 Å². The molecule has 0 radical (unpaired) electrons. The number of aryl methyl sites for hydroxylation is 1. The Balaban J connectivity index is 0.000000339. The Morgan fingerprint density at radius 3 is 2.48 bits per heavy atom. The Kier molecular flexibility index (Phi) is 6.80. The molecule has 8 nitrogen and oxygen atoms in total. The van der Waals surface area contributed by atoms with E-state index in [2.05, 4.69) is 14.9 Å². The van der Waals surface area contributed by atoms with Crippen molar-refractivity contribution in [1.29, 1.82) is 0 Å². The van der Waals surface area contributed by atoms with Crippen LogP contribution in [0.3, 0.4) is 0 Å². The van der Waals surface area contributed by atoms with Gasteiger partial charge in [0.05, 0.1) is 12.4 Å². The van der Waals surface area contributed by atoms with Gasteiger partial charge >= 0.3 is 18.2 Å². The first-order chi connectivity index (χ1) is 14.4. The lowest BCUT2D eigenvalue weighted by atomic mass is 9.80. The summed E-state index contributed by atoms with van der Waals surface area (Å²) >= 11 is 0. The molecule has 1 aromatic heterocycles. The van der Waals surface area contributed by atoms with Crippen molar-refractivity contribution in [2.45, 2.75) is 43.5 Å². The molecule has 1 N–H and O–H groups in total. The number of ether oxygens (including phenoxy) is 1. The zero-order chi connectivity index (χ0) is 22.9. The van der Waals surface area contributed by atoms with Gasteiger partial charge in [0, 0.05) is 37.4 Å². The number of nitrogens with zero attached hydrogens (tertiary/aromatic N) is 3. The molecule has 174 valence electrons. The minimum atomic E-state index is -5.08. The van der Waals surface area contributed by atoms with Crippen LogP contribution in [0.4, 0.5) is 13.2 Å². The van der Waals surface area contributed by atoms with Gasteiger partial charge in [-0.15, -0.1) is 0 Å². The highest BCUT2D eigenvalue weighted by atomic mass is 32.2.